The van der Waals surface area contributed by atoms with Crippen molar-refractivity contribution in [2.45, 2.75) is 25.5 Å². The molecule has 0 bridgehead atoms. The monoisotopic (exact) mass is 291 g/mol. The fraction of sp³-hybridized carbons (Fsp3) is 0.357. The number of aliphatic hydroxyl groups excluding tert-OH is 1. The molecule has 0 saturated carbocycles. The molecule has 1 aromatic heterocycles. The van der Waals surface area contributed by atoms with Crippen molar-refractivity contribution in [2.75, 3.05) is 6.54 Å². The third-order valence-corrected chi connectivity index (χ3v) is 3.49. The number of benzene rings is 1. The number of aryl methyl sites for hydroxylation is 1. The van der Waals surface area contributed by atoms with Crippen LogP contribution in [0.15, 0.2) is 28.8 Å². The molecule has 7 heteroatoms. The van der Waals surface area contributed by atoms with Crippen molar-refractivity contribution in [3.05, 3.63) is 47.4 Å². The van der Waals surface area contributed by atoms with Crippen LogP contribution < -0.4 is 0 Å². The Balaban J connectivity index is 1.91. The highest BCUT2D eigenvalue weighted by Crippen LogP contribution is 2.33. The van der Waals surface area contributed by atoms with Crippen molar-refractivity contribution in [1.82, 2.24) is 15.0 Å². The van der Waals surface area contributed by atoms with Crippen LogP contribution in [0.5, 0.6) is 0 Å². The highest BCUT2D eigenvalue weighted by atomic mass is 19.1. The Bertz CT molecular complexity index is 673. The van der Waals surface area contributed by atoms with Gasteiger partial charge in [-0.1, -0.05) is 17.3 Å². The minimum atomic E-state index is -0.657. The summed E-state index contributed by atoms with van der Waals surface area (Å²) in [5, 5.41) is 13.4. The lowest BCUT2D eigenvalue weighted by molar-refractivity contribution is 0.0700. The first-order valence-electron chi connectivity index (χ1n) is 6.59. The summed E-state index contributed by atoms with van der Waals surface area (Å²) in [5.41, 5.74) is 0.639. The van der Waals surface area contributed by atoms with Gasteiger partial charge in [-0.3, -0.25) is 4.79 Å². The Kier molecular flexibility index (Phi) is 3.42. The first-order valence-corrected chi connectivity index (χ1v) is 6.59. The fourth-order valence-corrected chi connectivity index (χ4v) is 2.58. The minimum absolute atomic E-state index is 0.0528. The van der Waals surface area contributed by atoms with Crippen LogP contribution >= 0.6 is 0 Å². The van der Waals surface area contributed by atoms with Crippen LogP contribution in [-0.2, 0) is 0 Å². The molecule has 1 saturated heterocycles. The molecule has 1 amide bonds. The average Bonchev–Trinajstić information content (AvgIpc) is 3.04. The second kappa shape index (κ2) is 5.25. The smallest absolute Gasteiger partial charge is 0.295 e. The molecular formula is C14H14FN3O3. The van der Waals surface area contributed by atoms with E-state index in [1.165, 1.54) is 17.0 Å². The van der Waals surface area contributed by atoms with Gasteiger partial charge in [0.2, 0.25) is 5.89 Å². The third-order valence-electron chi connectivity index (χ3n) is 3.49. The Labute approximate surface area is 120 Å². The third kappa shape index (κ3) is 2.64. The Morgan fingerprint density at radius 3 is 3.00 bits per heavy atom. The van der Waals surface area contributed by atoms with E-state index in [0.717, 1.165) is 0 Å². The second-order valence-electron chi connectivity index (χ2n) is 5.05. The van der Waals surface area contributed by atoms with Gasteiger partial charge in [0.25, 0.3) is 11.7 Å². The predicted octanol–water partition coefficient (Wildman–Crippen LogP) is 1.47. The summed E-state index contributed by atoms with van der Waals surface area (Å²) >= 11 is 0. The van der Waals surface area contributed by atoms with Crippen LogP contribution in [0.4, 0.5) is 4.39 Å². The molecule has 2 heterocycles. The van der Waals surface area contributed by atoms with Crippen LogP contribution in [0, 0.1) is 12.7 Å². The number of halogens is 1. The summed E-state index contributed by atoms with van der Waals surface area (Å²) in [4.78, 5) is 17.8. The van der Waals surface area contributed by atoms with Gasteiger partial charge in [-0.05, 0) is 24.1 Å². The van der Waals surface area contributed by atoms with Crippen molar-refractivity contribution in [1.29, 1.82) is 0 Å². The van der Waals surface area contributed by atoms with E-state index in [2.05, 4.69) is 10.1 Å². The van der Waals surface area contributed by atoms with Crippen LogP contribution in [0.25, 0.3) is 0 Å². The van der Waals surface area contributed by atoms with Crippen LogP contribution in [-0.4, -0.2) is 38.7 Å². The highest BCUT2D eigenvalue weighted by Gasteiger charge is 2.37. The lowest BCUT2D eigenvalue weighted by Crippen LogP contribution is -2.32. The van der Waals surface area contributed by atoms with Gasteiger partial charge in [0.15, 0.2) is 0 Å². The zero-order valence-corrected chi connectivity index (χ0v) is 11.4. The number of likely N-dealkylation sites (tertiary alicyclic amines) is 1. The van der Waals surface area contributed by atoms with E-state index >= 15 is 0 Å². The van der Waals surface area contributed by atoms with Crippen molar-refractivity contribution in [3.63, 3.8) is 0 Å². The molecule has 110 valence electrons. The van der Waals surface area contributed by atoms with E-state index in [1.807, 2.05) is 0 Å². The molecule has 1 aromatic carbocycles. The quantitative estimate of drug-likeness (QED) is 0.906. The molecule has 1 fully saturated rings. The molecule has 0 unspecified atom stereocenters. The maximum Gasteiger partial charge on any atom is 0.295 e. The lowest BCUT2D eigenvalue weighted by atomic mass is 10.0. The summed E-state index contributed by atoms with van der Waals surface area (Å²) in [6.07, 6.45) is -0.304. The first kappa shape index (κ1) is 13.7. The predicted molar refractivity (Wildman–Crippen MR) is 69.8 cm³/mol. The topological polar surface area (TPSA) is 79.5 Å². The first-order chi connectivity index (χ1) is 10.0. The number of aliphatic hydroxyl groups is 1. The van der Waals surface area contributed by atoms with E-state index < -0.39 is 18.1 Å². The van der Waals surface area contributed by atoms with Gasteiger partial charge in [0.05, 0.1) is 12.1 Å². The number of hydrogen-bond donors (Lipinski definition) is 1. The molecule has 1 aliphatic rings. The lowest BCUT2D eigenvalue weighted by Gasteiger charge is -2.23. The Morgan fingerprint density at radius 1 is 1.52 bits per heavy atom. The van der Waals surface area contributed by atoms with E-state index in [9.17, 15) is 14.3 Å². The number of carbonyl (C=O) groups excluding carboxylic acids is 1. The molecule has 1 N–H and O–H groups in total. The molecular weight excluding hydrogens is 277 g/mol. The van der Waals surface area contributed by atoms with Gasteiger partial charge in [0.1, 0.15) is 5.82 Å². The SMILES string of the molecule is Cc1nc(C(=O)N2C[C@H](O)C[C@H]2c2cccc(F)c2)no1. The Hall–Kier alpha value is -2.28. The maximum atomic E-state index is 13.4. The summed E-state index contributed by atoms with van der Waals surface area (Å²) in [6.45, 7) is 1.75. The molecule has 6 nitrogen and oxygen atoms in total. The molecule has 0 aliphatic carbocycles. The molecule has 0 radical (unpaired) electrons. The summed E-state index contributed by atoms with van der Waals surface area (Å²) < 4.78 is 18.2. The zero-order chi connectivity index (χ0) is 15.0. The van der Waals surface area contributed by atoms with Crippen molar-refractivity contribution >= 4 is 5.91 Å². The maximum absolute atomic E-state index is 13.4. The van der Waals surface area contributed by atoms with Crippen molar-refractivity contribution in [3.8, 4) is 0 Å². The van der Waals surface area contributed by atoms with Crippen LogP contribution in [0.1, 0.15) is 34.5 Å². The van der Waals surface area contributed by atoms with E-state index in [-0.39, 0.29) is 18.2 Å². The normalized spacial score (nSPS) is 21.8. The van der Waals surface area contributed by atoms with E-state index in [1.54, 1.807) is 19.1 Å². The number of carbonyl (C=O) groups is 1. The number of β-amino-alcohol motifs (C(OH)–C–C–N with tert-alkyl or cyclic N) is 1. The molecule has 1 aliphatic heterocycles. The Morgan fingerprint density at radius 2 is 2.33 bits per heavy atom. The summed E-state index contributed by atoms with van der Waals surface area (Å²) in [7, 11) is 0. The number of hydrogen-bond acceptors (Lipinski definition) is 5. The molecule has 2 aromatic rings. The number of amides is 1. The number of aromatic nitrogens is 2. The number of rotatable bonds is 2. The highest BCUT2D eigenvalue weighted by molar-refractivity contribution is 5.90. The second-order valence-corrected chi connectivity index (χ2v) is 5.05. The van der Waals surface area contributed by atoms with Crippen LogP contribution in [0.2, 0.25) is 0 Å². The van der Waals surface area contributed by atoms with E-state index in [0.29, 0.717) is 17.9 Å². The van der Waals surface area contributed by atoms with Gasteiger partial charge in [-0.25, -0.2) is 4.39 Å². The largest absolute Gasteiger partial charge is 0.391 e. The van der Waals surface area contributed by atoms with Crippen LogP contribution in [0.3, 0.4) is 0 Å². The van der Waals surface area contributed by atoms with Gasteiger partial charge >= 0.3 is 0 Å². The molecule has 21 heavy (non-hydrogen) atoms. The van der Waals surface area contributed by atoms with Crippen molar-refractivity contribution in [2.24, 2.45) is 0 Å². The van der Waals surface area contributed by atoms with Gasteiger partial charge in [-0.2, -0.15) is 4.98 Å². The summed E-state index contributed by atoms with van der Waals surface area (Å²) in [5.74, 6) is -0.572. The van der Waals surface area contributed by atoms with Gasteiger partial charge in [0, 0.05) is 13.5 Å². The fourth-order valence-electron chi connectivity index (χ4n) is 2.58. The minimum Gasteiger partial charge on any atom is -0.391 e. The van der Waals surface area contributed by atoms with Gasteiger partial charge in [-0.15, -0.1) is 0 Å². The van der Waals surface area contributed by atoms with Crippen molar-refractivity contribution < 1.29 is 18.8 Å². The molecule has 2 atom stereocenters. The standard InChI is InChI=1S/C14H14FN3O3/c1-8-16-13(17-21-8)14(20)18-7-11(19)6-12(18)9-3-2-4-10(15)5-9/h2-5,11-12,19H,6-7H2,1H3/t11-,12+/m1/s1. The molecule has 3 rings (SSSR count). The zero-order valence-electron chi connectivity index (χ0n) is 11.4. The summed E-state index contributed by atoms with van der Waals surface area (Å²) in [6, 6.07) is 5.61. The van der Waals surface area contributed by atoms with Gasteiger partial charge < -0.3 is 14.5 Å². The number of nitrogens with zero attached hydrogens (tertiary/aromatic N) is 3. The van der Waals surface area contributed by atoms with E-state index in [4.69, 9.17) is 4.52 Å². The average molecular weight is 291 g/mol. The molecule has 0 spiro atoms.